The van der Waals surface area contributed by atoms with E-state index in [1.54, 1.807) is 12.1 Å². The Morgan fingerprint density at radius 3 is 2.46 bits per heavy atom. The number of carbonyl (C=O) groups is 1. The van der Waals surface area contributed by atoms with E-state index in [1.165, 1.54) is 13.2 Å². The molecule has 6 nitrogen and oxygen atoms in total. The van der Waals surface area contributed by atoms with E-state index < -0.39 is 15.9 Å². The fourth-order valence-electron chi connectivity index (χ4n) is 2.48. The Balaban J connectivity index is 2.24. The van der Waals surface area contributed by atoms with Gasteiger partial charge in [0.1, 0.15) is 12.3 Å². The van der Waals surface area contributed by atoms with Crippen LogP contribution in [0.25, 0.3) is 0 Å². The van der Waals surface area contributed by atoms with Crippen LogP contribution in [0.1, 0.15) is 18.5 Å². The number of ether oxygens (including phenoxy) is 1. The third-order valence-electron chi connectivity index (χ3n) is 3.77. The van der Waals surface area contributed by atoms with Gasteiger partial charge in [0.25, 0.3) is 0 Å². The molecule has 0 aliphatic carbocycles. The zero-order chi connectivity index (χ0) is 19.3. The molecule has 0 aliphatic rings. The molecule has 0 bridgehead atoms. The van der Waals surface area contributed by atoms with Gasteiger partial charge in [-0.3, -0.25) is 9.10 Å². The highest BCUT2D eigenvalue weighted by molar-refractivity contribution is 7.92. The molecule has 0 saturated heterocycles. The maximum atomic E-state index is 12.5. The normalized spacial score (nSPS) is 12.3. The van der Waals surface area contributed by atoms with Gasteiger partial charge in [0.2, 0.25) is 15.9 Å². The molecular formula is C18H21ClN2O4S. The molecule has 2 rings (SSSR count). The molecule has 1 N–H and O–H groups in total. The predicted octanol–water partition coefficient (Wildman–Crippen LogP) is 2.99. The van der Waals surface area contributed by atoms with Gasteiger partial charge in [-0.1, -0.05) is 41.9 Å². The maximum absolute atomic E-state index is 12.5. The first-order valence-electron chi connectivity index (χ1n) is 7.88. The van der Waals surface area contributed by atoms with Crippen molar-refractivity contribution in [1.29, 1.82) is 0 Å². The van der Waals surface area contributed by atoms with Crippen molar-refractivity contribution in [1.82, 2.24) is 5.32 Å². The van der Waals surface area contributed by atoms with E-state index >= 15 is 0 Å². The molecule has 0 aromatic heterocycles. The Labute approximate surface area is 158 Å². The Kier molecular flexibility index (Phi) is 6.50. The van der Waals surface area contributed by atoms with Gasteiger partial charge in [-0.15, -0.1) is 0 Å². The second-order valence-corrected chi connectivity index (χ2v) is 8.13. The van der Waals surface area contributed by atoms with Crippen LogP contribution >= 0.6 is 11.6 Å². The number of benzene rings is 2. The van der Waals surface area contributed by atoms with Gasteiger partial charge in [0.05, 0.1) is 25.1 Å². The first kappa shape index (κ1) is 20.1. The van der Waals surface area contributed by atoms with Gasteiger partial charge in [0.15, 0.2) is 0 Å². The van der Waals surface area contributed by atoms with E-state index in [4.69, 9.17) is 16.3 Å². The van der Waals surface area contributed by atoms with Crippen LogP contribution < -0.4 is 14.4 Å². The van der Waals surface area contributed by atoms with Crippen molar-refractivity contribution in [2.24, 2.45) is 0 Å². The summed E-state index contributed by atoms with van der Waals surface area (Å²) in [5, 5.41) is 3.14. The number of nitrogens with zero attached hydrogens (tertiary/aromatic N) is 1. The van der Waals surface area contributed by atoms with Crippen molar-refractivity contribution in [2.45, 2.75) is 13.0 Å². The minimum Gasteiger partial charge on any atom is -0.495 e. The lowest BCUT2D eigenvalue weighted by atomic mass is 10.1. The third-order valence-corrected chi connectivity index (χ3v) is 5.14. The molecule has 0 saturated carbocycles. The van der Waals surface area contributed by atoms with Crippen LogP contribution in [-0.2, 0) is 14.8 Å². The highest BCUT2D eigenvalue weighted by atomic mass is 35.5. The Morgan fingerprint density at radius 1 is 1.23 bits per heavy atom. The van der Waals surface area contributed by atoms with Gasteiger partial charge in [-0.2, -0.15) is 0 Å². The summed E-state index contributed by atoms with van der Waals surface area (Å²) in [7, 11) is -2.31. The van der Waals surface area contributed by atoms with E-state index in [9.17, 15) is 13.2 Å². The smallest absolute Gasteiger partial charge is 0.241 e. The molecule has 1 unspecified atom stereocenters. The van der Waals surface area contributed by atoms with Gasteiger partial charge in [-0.05, 0) is 30.7 Å². The summed E-state index contributed by atoms with van der Waals surface area (Å²) >= 11 is 5.99. The van der Waals surface area contributed by atoms with Gasteiger partial charge >= 0.3 is 0 Å². The Morgan fingerprint density at radius 2 is 1.88 bits per heavy atom. The van der Waals surface area contributed by atoms with E-state index in [0.717, 1.165) is 16.1 Å². The highest BCUT2D eigenvalue weighted by Crippen LogP contribution is 2.32. The fourth-order valence-corrected chi connectivity index (χ4v) is 3.50. The van der Waals surface area contributed by atoms with Crippen molar-refractivity contribution < 1.29 is 17.9 Å². The number of carbonyl (C=O) groups excluding carboxylic acids is 1. The van der Waals surface area contributed by atoms with Crippen LogP contribution in [0.5, 0.6) is 5.75 Å². The molecule has 0 spiro atoms. The number of sulfonamides is 1. The third kappa shape index (κ3) is 5.12. The number of anilines is 1. The second kappa shape index (κ2) is 8.42. The molecule has 1 amide bonds. The average molecular weight is 397 g/mol. The van der Waals surface area contributed by atoms with Gasteiger partial charge in [-0.25, -0.2) is 8.42 Å². The van der Waals surface area contributed by atoms with Crippen LogP contribution in [0.15, 0.2) is 48.5 Å². The van der Waals surface area contributed by atoms with Gasteiger partial charge in [0, 0.05) is 5.02 Å². The summed E-state index contributed by atoms with van der Waals surface area (Å²) in [6, 6.07) is 13.7. The fraction of sp³-hybridized carbons (Fsp3) is 0.278. The van der Waals surface area contributed by atoms with Crippen LogP contribution in [0.4, 0.5) is 5.69 Å². The van der Waals surface area contributed by atoms with Crippen molar-refractivity contribution >= 4 is 33.2 Å². The summed E-state index contributed by atoms with van der Waals surface area (Å²) in [4.78, 5) is 12.5. The summed E-state index contributed by atoms with van der Waals surface area (Å²) in [6.45, 7) is 1.45. The minimum absolute atomic E-state index is 0.213. The molecule has 0 fully saturated rings. The van der Waals surface area contributed by atoms with Crippen LogP contribution in [0.3, 0.4) is 0 Å². The topological polar surface area (TPSA) is 75.7 Å². The van der Waals surface area contributed by atoms with Crippen LogP contribution in [-0.4, -0.2) is 34.2 Å². The summed E-state index contributed by atoms with van der Waals surface area (Å²) < 4.78 is 30.7. The number of hydrogen-bond acceptors (Lipinski definition) is 4. The quantitative estimate of drug-likeness (QED) is 0.780. The summed E-state index contributed by atoms with van der Waals surface area (Å²) in [5.41, 5.74) is 1.14. The maximum Gasteiger partial charge on any atom is 0.241 e. The number of amides is 1. The van der Waals surface area contributed by atoms with E-state index in [0.29, 0.717) is 10.8 Å². The zero-order valence-electron chi connectivity index (χ0n) is 14.8. The number of nitrogens with one attached hydrogen (secondary N) is 1. The van der Waals surface area contributed by atoms with Crippen molar-refractivity contribution in [3.63, 3.8) is 0 Å². The van der Waals surface area contributed by atoms with Crippen molar-refractivity contribution in [2.75, 3.05) is 24.2 Å². The molecule has 2 aromatic carbocycles. The molecular weight excluding hydrogens is 376 g/mol. The summed E-state index contributed by atoms with van der Waals surface area (Å²) in [6.07, 6.45) is 1.03. The lowest BCUT2D eigenvalue weighted by Gasteiger charge is -2.25. The van der Waals surface area contributed by atoms with Crippen molar-refractivity contribution in [3.8, 4) is 5.75 Å². The van der Waals surface area contributed by atoms with E-state index in [1.807, 2.05) is 37.3 Å². The first-order chi connectivity index (χ1) is 12.2. The van der Waals surface area contributed by atoms with Crippen LogP contribution in [0.2, 0.25) is 5.02 Å². The van der Waals surface area contributed by atoms with Crippen LogP contribution in [0, 0.1) is 0 Å². The predicted molar refractivity (Wildman–Crippen MR) is 103 cm³/mol. The average Bonchev–Trinajstić information content (AvgIpc) is 2.59. The number of halogens is 1. The number of methoxy groups -OCH3 is 1. The highest BCUT2D eigenvalue weighted by Gasteiger charge is 2.25. The Bertz CT molecular complexity index is 872. The number of rotatable bonds is 7. The standard InChI is InChI=1S/C18H21ClN2O4S/c1-13(14-7-5-4-6-8-14)20-18(22)12-21(26(3,23)24)16-11-15(19)9-10-17(16)25-2/h4-11,13H,12H2,1-3H3,(H,20,22). The lowest BCUT2D eigenvalue weighted by molar-refractivity contribution is -0.120. The SMILES string of the molecule is COc1ccc(Cl)cc1N(CC(=O)NC(C)c1ccccc1)S(C)(=O)=O. The molecule has 1 atom stereocenters. The molecule has 0 radical (unpaired) electrons. The molecule has 0 aliphatic heterocycles. The molecule has 0 heterocycles. The van der Waals surface area contributed by atoms with Gasteiger partial charge < -0.3 is 10.1 Å². The first-order valence-corrected chi connectivity index (χ1v) is 10.1. The van der Waals surface area contributed by atoms with E-state index in [2.05, 4.69) is 5.32 Å². The molecule has 26 heavy (non-hydrogen) atoms. The molecule has 8 heteroatoms. The lowest BCUT2D eigenvalue weighted by Crippen LogP contribution is -2.41. The molecule has 2 aromatic rings. The second-order valence-electron chi connectivity index (χ2n) is 5.79. The Hall–Kier alpha value is -2.25. The monoisotopic (exact) mass is 396 g/mol. The molecule has 140 valence electrons. The van der Waals surface area contributed by atoms with E-state index in [-0.39, 0.29) is 18.3 Å². The zero-order valence-corrected chi connectivity index (χ0v) is 16.3. The largest absolute Gasteiger partial charge is 0.495 e. The summed E-state index contributed by atoms with van der Waals surface area (Å²) in [5.74, 6) is -0.127. The number of hydrogen-bond donors (Lipinski definition) is 1. The minimum atomic E-state index is -3.73. The van der Waals surface area contributed by atoms with Crippen molar-refractivity contribution in [3.05, 3.63) is 59.1 Å².